The fourth-order valence-corrected chi connectivity index (χ4v) is 4.28. The molecule has 3 aromatic rings. The Kier molecular flexibility index (Phi) is 6.98. The lowest BCUT2D eigenvalue weighted by atomic mass is 9.70. The summed E-state index contributed by atoms with van der Waals surface area (Å²) in [7, 11) is 0. The molecule has 1 saturated carbocycles. The molecule has 0 bridgehead atoms. The van der Waals surface area contributed by atoms with Crippen LogP contribution in [-0.4, -0.2) is 47.3 Å². The summed E-state index contributed by atoms with van der Waals surface area (Å²) in [5.41, 5.74) is 1.68. The minimum Gasteiger partial charge on any atom is -0.382 e. The first-order valence-electron chi connectivity index (χ1n) is 11.0. The van der Waals surface area contributed by atoms with Gasteiger partial charge in [-0.2, -0.15) is 13.2 Å². The summed E-state index contributed by atoms with van der Waals surface area (Å²) in [6.45, 7) is -1.61. The van der Waals surface area contributed by atoms with E-state index in [-0.39, 0.29) is 11.4 Å². The van der Waals surface area contributed by atoms with Crippen LogP contribution in [0.15, 0.2) is 36.4 Å². The summed E-state index contributed by atoms with van der Waals surface area (Å²) in [5.74, 6) is -4.25. The number of aromatic amines is 1. The fraction of sp³-hybridized carbons (Fsp3) is 0.333. The molecule has 6 nitrogen and oxygen atoms in total. The van der Waals surface area contributed by atoms with Gasteiger partial charge < -0.3 is 20.7 Å². The first-order chi connectivity index (χ1) is 16.9. The van der Waals surface area contributed by atoms with E-state index in [1.807, 2.05) is 5.32 Å². The summed E-state index contributed by atoms with van der Waals surface area (Å²) in [6, 6.07) is 7.38. The van der Waals surface area contributed by atoms with E-state index < -0.39 is 60.6 Å². The van der Waals surface area contributed by atoms with Gasteiger partial charge in [0.05, 0.1) is 24.3 Å². The molecule has 36 heavy (non-hydrogen) atoms. The fourth-order valence-electron chi connectivity index (χ4n) is 4.28. The third-order valence-electron chi connectivity index (χ3n) is 6.21. The highest BCUT2D eigenvalue weighted by molar-refractivity contribution is 5.93. The molecule has 2 aromatic carbocycles. The van der Waals surface area contributed by atoms with E-state index >= 15 is 0 Å². The van der Waals surface area contributed by atoms with Gasteiger partial charge in [-0.15, -0.1) is 0 Å². The second kappa shape index (κ2) is 9.84. The van der Waals surface area contributed by atoms with Gasteiger partial charge in [0.2, 0.25) is 11.8 Å². The lowest BCUT2D eigenvalue weighted by Gasteiger charge is -2.35. The van der Waals surface area contributed by atoms with E-state index in [9.17, 15) is 35.9 Å². The molecule has 4 N–H and O–H groups in total. The Hall–Kier alpha value is -3.54. The van der Waals surface area contributed by atoms with E-state index in [2.05, 4.69) is 10.3 Å². The molecular formula is C24H21F6N3O3. The van der Waals surface area contributed by atoms with Gasteiger partial charge in [-0.1, -0.05) is 0 Å². The molecule has 0 aliphatic heterocycles. The van der Waals surface area contributed by atoms with Gasteiger partial charge >= 0.3 is 6.18 Å². The van der Waals surface area contributed by atoms with Crippen molar-refractivity contribution < 1.29 is 41.0 Å². The van der Waals surface area contributed by atoms with Crippen LogP contribution in [0.5, 0.6) is 0 Å². The van der Waals surface area contributed by atoms with Crippen LogP contribution in [0.2, 0.25) is 0 Å². The molecule has 0 spiro atoms. The molecule has 1 aromatic heterocycles. The number of fused-ring (bicyclic) bond motifs is 1. The molecule has 1 atom stereocenters. The molecule has 2 amide bonds. The van der Waals surface area contributed by atoms with Crippen molar-refractivity contribution >= 4 is 22.7 Å². The third-order valence-corrected chi connectivity index (χ3v) is 6.21. The zero-order valence-corrected chi connectivity index (χ0v) is 18.6. The number of benzene rings is 2. The van der Waals surface area contributed by atoms with Crippen molar-refractivity contribution in [2.24, 2.45) is 5.92 Å². The highest BCUT2D eigenvalue weighted by atomic mass is 19.4. The molecule has 0 radical (unpaired) electrons. The van der Waals surface area contributed by atoms with Crippen LogP contribution in [-0.2, 0) is 9.59 Å². The van der Waals surface area contributed by atoms with E-state index in [1.54, 1.807) is 0 Å². The van der Waals surface area contributed by atoms with Gasteiger partial charge in [0.1, 0.15) is 17.5 Å². The monoisotopic (exact) mass is 513 g/mol. The predicted octanol–water partition coefficient (Wildman–Crippen LogP) is 3.90. The number of aliphatic hydroxyl groups is 1. The highest BCUT2D eigenvalue weighted by Gasteiger charge is 2.39. The number of carbonyl (C=O) groups excluding carboxylic acids is 2. The number of hydrogen-bond acceptors (Lipinski definition) is 3. The van der Waals surface area contributed by atoms with E-state index in [0.29, 0.717) is 35.0 Å². The maximum atomic E-state index is 14.5. The molecule has 0 saturated heterocycles. The second-order valence-corrected chi connectivity index (χ2v) is 8.68. The summed E-state index contributed by atoms with van der Waals surface area (Å²) < 4.78 is 78.7. The minimum absolute atomic E-state index is 0.0799. The zero-order valence-electron chi connectivity index (χ0n) is 18.6. The lowest BCUT2D eigenvalue weighted by molar-refractivity contribution is -0.201. The molecule has 4 rings (SSSR count). The molecule has 1 heterocycles. The molecule has 1 aliphatic carbocycles. The van der Waals surface area contributed by atoms with Crippen LogP contribution in [0.1, 0.15) is 24.3 Å². The number of alkyl halides is 3. The first kappa shape index (κ1) is 25.5. The molecule has 12 heteroatoms. The second-order valence-electron chi connectivity index (χ2n) is 8.68. The number of nitrogens with one attached hydrogen (secondary N) is 3. The Balaban J connectivity index is 1.44. The summed E-state index contributed by atoms with van der Waals surface area (Å²) in [6.07, 6.45) is -7.01. The molecular weight excluding hydrogens is 492 g/mol. The number of aliphatic hydroxyl groups excluding tert-OH is 1. The Morgan fingerprint density at radius 1 is 1.03 bits per heavy atom. The first-order valence-corrected chi connectivity index (χ1v) is 11.0. The smallest absolute Gasteiger partial charge is 0.382 e. The normalized spacial score (nSPS) is 18.5. The maximum absolute atomic E-state index is 14.5. The average Bonchev–Trinajstić information content (AvgIpc) is 3.14. The Morgan fingerprint density at radius 3 is 2.33 bits per heavy atom. The molecule has 192 valence electrons. The van der Waals surface area contributed by atoms with Crippen molar-refractivity contribution in [1.82, 2.24) is 15.6 Å². The van der Waals surface area contributed by atoms with Crippen molar-refractivity contribution in [2.45, 2.75) is 31.0 Å². The Morgan fingerprint density at radius 2 is 1.69 bits per heavy atom. The number of carbonyl (C=O) groups is 2. The van der Waals surface area contributed by atoms with Crippen LogP contribution < -0.4 is 10.6 Å². The van der Waals surface area contributed by atoms with Crippen LogP contribution in [0, 0.1) is 23.4 Å². The molecule has 0 unspecified atom stereocenters. The van der Waals surface area contributed by atoms with Crippen LogP contribution in [0.25, 0.3) is 22.2 Å². The van der Waals surface area contributed by atoms with Crippen molar-refractivity contribution in [3.8, 4) is 11.3 Å². The molecule has 1 aliphatic rings. The SMILES string of the molecule is O=C(CNC(=O)[C@H]1C[C@H](c2c(-c3ccc(F)cc3)[nH]c3c(F)cc(F)cc32)C1)NC[C@@H](O)C(F)(F)F. The van der Waals surface area contributed by atoms with Crippen molar-refractivity contribution in [3.63, 3.8) is 0 Å². The Bertz CT molecular complexity index is 1280. The lowest BCUT2D eigenvalue weighted by Crippen LogP contribution is -2.46. The standard InChI is InChI=1S/C24H21F6N3O3/c25-14-3-1-11(2-4-14)21-20(16-7-15(26)8-17(27)22(16)33-21)12-5-13(6-12)23(36)32-10-19(35)31-9-18(34)24(28,29)30/h1-4,7-8,12-13,18,33-34H,5-6,9-10H2,(H,31,35)(H,32,36)/t12-,13-,18-/m1/s1. The number of halogens is 6. The number of aromatic nitrogens is 1. The van der Waals surface area contributed by atoms with Gasteiger partial charge in [-0.05, 0) is 60.2 Å². The van der Waals surface area contributed by atoms with Crippen molar-refractivity contribution in [2.75, 3.05) is 13.1 Å². The highest BCUT2D eigenvalue weighted by Crippen LogP contribution is 2.48. The quantitative estimate of drug-likeness (QED) is 0.361. The molecule has 1 fully saturated rings. The van der Waals surface area contributed by atoms with Crippen LogP contribution >= 0.6 is 0 Å². The van der Waals surface area contributed by atoms with Gasteiger partial charge in [0.25, 0.3) is 0 Å². The van der Waals surface area contributed by atoms with E-state index in [0.717, 1.165) is 6.07 Å². The zero-order chi connectivity index (χ0) is 26.2. The average molecular weight is 513 g/mol. The minimum atomic E-state index is -4.88. The number of hydrogen-bond donors (Lipinski definition) is 4. The van der Waals surface area contributed by atoms with E-state index in [4.69, 9.17) is 5.11 Å². The topological polar surface area (TPSA) is 94.2 Å². The van der Waals surface area contributed by atoms with Crippen LogP contribution in [0.4, 0.5) is 26.3 Å². The third kappa shape index (κ3) is 5.32. The number of rotatable bonds is 7. The van der Waals surface area contributed by atoms with Gasteiger partial charge in [-0.25, -0.2) is 13.2 Å². The summed E-state index contributed by atoms with van der Waals surface area (Å²) in [5, 5.41) is 13.4. The number of amides is 2. The number of H-pyrrole nitrogens is 1. The van der Waals surface area contributed by atoms with Crippen LogP contribution in [0.3, 0.4) is 0 Å². The summed E-state index contributed by atoms with van der Waals surface area (Å²) in [4.78, 5) is 27.0. The van der Waals surface area contributed by atoms with E-state index in [1.165, 1.54) is 30.3 Å². The van der Waals surface area contributed by atoms with Crippen molar-refractivity contribution in [3.05, 3.63) is 59.4 Å². The van der Waals surface area contributed by atoms with Gasteiger partial charge in [0, 0.05) is 17.4 Å². The van der Waals surface area contributed by atoms with Gasteiger partial charge in [-0.3, -0.25) is 9.59 Å². The van der Waals surface area contributed by atoms with Crippen molar-refractivity contribution in [1.29, 1.82) is 0 Å². The maximum Gasteiger partial charge on any atom is 0.416 e. The Labute approximate surface area is 200 Å². The largest absolute Gasteiger partial charge is 0.416 e. The predicted molar refractivity (Wildman–Crippen MR) is 117 cm³/mol. The summed E-state index contributed by atoms with van der Waals surface area (Å²) >= 11 is 0. The van der Waals surface area contributed by atoms with Gasteiger partial charge in [0.15, 0.2) is 6.10 Å².